The van der Waals surface area contributed by atoms with Crippen LogP contribution in [0.5, 0.6) is 0 Å². The van der Waals surface area contributed by atoms with Gasteiger partial charge in [0.25, 0.3) is 0 Å². The molecule has 2 nitrogen and oxygen atoms in total. The number of carbonyl (C=O) groups is 1. The van der Waals surface area contributed by atoms with Gasteiger partial charge in [-0.3, -0.25) is 4.79 Å². The second kappa shape index (κ2) is 3.07. The van der Waals surface area contributed by atoms with Gasteiger partial charge in [-0.15, -0.1) is 0 Å². The molecule has 0 spiro atoms. The van der Waals surface area contributed by atoms with Gasteiger partial charge in [-0.05, 0) is 18.3 Å². The smallest absolute Gasteiger partial charge is 0.307 e. The molecule has 3 atom stereocenters. The predicted molar refractivity (Wildman–Crippen MR) is 43.2 cm³/mol. The Morgan fingerprint density at radius 3 is 2.64 bits per heavy atom. The topological polar surface area (TPSA) is 37.3 Å². The molecule has 0 amide bonds. The highest BCUT2D eigenvalue weighted by atomic mass is 16.4. The normalized spacial score (nSPS) is 37.1. The molecule has 1 N–H and O–H groups in total. The summed E-state index contributed by atoms with van der Waals surface area (Å²) in [4.78, 5) is 10.7. The lowest BCUT2D eigenvalue weighted by Crippen LogP contribution is -2.27. The van der Waals surface area contributed by atoms with Crippen LogP contribution in [0.2, 0.25) is 0 Å². The van der Waals surface area contributed by atoms with Crippen LogP contribution in [0.4, 0.5) is 0 Å². The lowest BCUT2D eigenvalue weighted by molar-refractivity contribution is -0.144. The van der Waals surface area contributed by atoms with Crippen molar-refractivity contribution in [3.63, 3.8) is 0 Å². The fraction of sp³-hybridized carbons (Fsp3) is 0.667. The number of hydrogen-bond acceptors (Lipinski definition) is 1. The van der Waals surface area contributed by atoms with Crippen molar-refractivity contribution in [3.8, 4) is 0 Å². The first kappa shape index (κ1) is 8.31. The van der Waals surface area contributed by atoms with Crippen LogP contribution < -0.4 is 0 Å². The Bertz CT molecular complexity index is 184. The van der Waals surface area contributed by atoms with Gasteiger partial charge in [0.15, 0.2) is 0 Å². The maximum atomic E-state index is 10.7. The Balaban J connectivity index is 2.70. The van der Waals surface area contributed by atoms with E-state index in [4.69, 9.17) is 5.11 Å². The maximum absolute atomic E-state index is 10.7. The van der Waals surface area contributed by atoms with E-state index in [2.05, 4.69) is 13.0 Å². The molecule has 0 bridgehead atoms. The van der Waals surface area contributed by atoms with Crippen molar-refractivity contribution in [2.75, 3.05) is 0 Å². The van der Waals surface area contributed by atoms with E-state index in [1.807, 2.05) is 13.0 Å². The molecule has 11 heavy (non-hydrogen) atoms. The Hall–Kier alpha value is -0.790. The highest BCUT2D eigenvalue weighted by Gasteiger charge is 2.28. The van der Waals surface area contributed by atoms with Gasteiger partial charge in [-0.1, -0.05) is 26.0 Å². The quantitative estimate of drug-likeness (QED) is 0.586. The van der Waals surface area contributed by atoms with Crippen LogP contribution in [0.3, 0.4) is 0 Å². The molecule has 1 aliphatic carbocycles. The monoisotopic (exact) mass is 154 g/mol. The Morgan fingerprint density at radius 1 is 1.55 bits per heavy atom. The average molecular weight is 154 g/mol. The molecule has 2 unspecified atom stereocenters. The largest absolute Gasteiger partial charge is 0.481 e. The SMILES string of the molecule is CC1C=CC[C@@H](C(=O)O)C1C. The molecular weight excluding hydrogens is 140 g/mol. The zero-order chi connectivity index (χ0) is 8.43. The Labute approximate surface area is 66.9 Å². The minimum atomic E-state index is -0.659. The summed E-state index contributed by atoms with van der Waals surface area (Å²) in [6.07, 6.45) is 4.77. The van der Waals surface area contributed by atoms with Gasteiger partial charge in [0.2, 0.25) is 0 Å². The minimum Gasteiger partial charge on any atom is -0.481 e. The third-order valence-electron chi connectivity index (χ3n) is 2.61. The van der Waals surface area contributed by atoms with E-state index in [0.717, 1.165) is 0 Å². The summed E-state index contributed by atoms with van der Waals surface area (Å²) in [5.74, 6) is -0.147. The standard InChI is InChI=1S/C9H14O2/c1-6-4-3-5-8(7(6)2)9(10)11/h3-4,6-8H,5H2,1-2H3,(H,10,11)/t6?,7?,8-/m1/s1. The van der Waals surface area contributed by atoms with Gasteiger partial charge in [0.05, 0.1) is 5.92 Å². The molecular formula is C9H14O2. The predicted octanol–water partition coefficient (Wildman–Crippen LogP) is 1.92. The third kappa shape index (κ3) is 1.62. The van der Waals surface area contributed by atoms with Gasteiger partial charge >= 0.3 is 5.97 Å². The molecule has 0 fully saturated rings. The summed E-state index contributed by atoms with van der Waals surface area (Å²) in [5.41, 5.74) is 0. The molecule has 0 aromatic heterocycles. The number of carboxylic acids is 1. The molecule has 0 radical (unpaired) electrons. The van der Waals surface area contributed by atoms with Crippen LogP contribution in [0, 0.1) is 17.8 Å². The molecule has 0 aromatic carbocycles. The highest BCUT2D eigenvalue weighted by molar-refractivity contribution is 5.70. The van der Waals surface area contributed by atoms with Crippen molar-refractivity contribution in [1.29, 1.82) is 0 Å². The lowest BCUT2D eigenvalue weighted by atomic mass is 9.78. The first-order chi connectivity index (χ1) is 5.13. The van der Waals surface area contributed by atoms with Crippen molar-refractivity contribution < 1.29 is 9.90 Å². The molecule has 1 aliphatic rings. The molecule has 2 heteroatoms. The minimum absolute atomic E-state index is 0.171. The van der Waals surface area contributed by atoms with Gasteiger partial charge in [0.1, 0.15) is 0 Å². The summed E-state index contributed by atoms with van der Waals surface area (Å²) in [7, 11) is 0. The van der Waals surface area contributed by atoms with Crippen molar-refractivity contribution in [1.82, 2.24) is 0 Å². The second-order valence-corrected chi connectivity index (χ2v) is 3.33. The first-order valence-electron chi connectivity index (χ1n) is 4.02. The molecule has 0 aromatic rings. The average Bonchev–Trinajstić information content (AvgIpc) is 1.94. The van der Waals surface area contributed by atoms with E-state index in [1.165, 1.54) is 0 Å². The number of allylic oxidation sites excluding steroid dienone is 2. The molecule has 0 saturated carbocycles. The van der Waals surface area contributed by atoms with Crippen LogP contribution in [0.15, 0.2) is 12.2 Å². The van der Waals surface area contributed by atoms with Crippen LogP contribution >= 0.6 is 0 Å². The summed E-state index contributed by atoms with van der Waals surface area (Å²) in [5, 5.41) is 8.79. The summed E-state index contributed by atoms with van der Waals surface area (Å²) < 4.78 is 0. The van der Waals surface area contributed by atoms with Gasteiger partial charge in [-0.25, -0.2) is 0 Å². The van der Waals surface area contributed by atoms with Gasteiger partial charge in [-0.2, -0.15) is 0 Å². The molecule has 0 saturated heterocycles. The number of hydrogen-bond donors (Lipinski definition) is 1. The van der Waals surface area contributed by atoms with Crippen LogP contribution in [0.25, 0.3) is 0 Å². The van der Waals surface area contributed by atoms with Crippen molar-refractivity contribution in [3.05, 3.63) is 12.2 Å². The van der Waals surface area contributed by atoms with Crippen molar-refractivity contribution in [2.24, 2.45) is 17.8 Å². The van der Waals surface area contributed by atoms with E-state index in [9.17, 15) is 4.79 Å². The Kier molecular flexibility index (Phi) is 2.32. The summed E-state index contributed by atoms with van der Waals surface area (Å²) in [6, 6.07) is 0. The first-order valence-corrected chi connectivity index (χ1v) is 4.02. The van der Waals surface area contributed by atoms with Crippen LogP contribution in [-0.2, 0) is 4.79 Å². The number of rotatable bonds is 1. The zero-order valence-electron chi connectivity index (χ0n) is 6.95. The van der Waals surface area contributed by atoms with Gasteiger partial charge in [0, 0.05) is 0 Å². The third-order valence-corrected chi connectivity index (χ3v) is 2.61. The molecule has 0 heterocycles. The van der Waals surface area contributed by atoms with Crippen LogP contribution in [0.1, 0.15) is 20.3 Å². The fourth-order valence-corrected chi connectivity index (χ4v) is 1.52. The zero-order valence-corrected chi connectivity index (χ0v) is 6.95. The molecule has 1 rings (SSSR count). The fourth-order valence-electron chi connectivity index (χ4n) is 1.52. The van der Waals surface area contributed by atoms with E-state index in [-0.39, 0.29) is 11.8 Å². The second-order valence-electron chi connectivity index (χ2n) is 3.33. The molecule has 62 valence electrons. The molecule has 0 aliphatic heterocycles. The van der Waals surface area contributed by atoms with E-state index < -0.39 is 5.97 Å². The summed E-state index contributed by atoms with van der Waals surface area (Å²) >= 11 is 0. The Morgan fingerprint density at radius 2 is 2.18 bits per heavy atom. The van der Waals surface area contributed by atoms with Crippen LogP contribution in [-0.4, -0.2) is 11.1 Å². The van der Waals surface area contributed by atoms with Crippen molar-refractivity contribution >= 4 is 5.97 Å². The van der Waals surface area contributed by atoms with E-state index >= 15 is 0 Å². The lowest BCUT2D eigenvalue weighted by Gasteiger charge is -2.26. The van der Waals surface area contributed by atoms with Crippen molar-refractivity contribution in [2.45, 2.75) is 20.3 Å². The number of carboxylic acid groups (broad SMARTS) is 1. The van der Waals surface area contributed by atoms with E-state index in [1.54, 1.807) is 0 Å². The highest BCUT2D eigenvalue weighted by Crippen LogP contribution is 2.29. The summed E-state index contributed by atoms with van der Waals surface area (Å²) in [6.45, 7) is 4.07. The maximum Gasteiger partial charge on any atom is 0.307 e. The van der Waals surface area contributed by atoms with Gasteiger partial charge < -0.3 is 5.11 Å². The number of aliphatic carboxylic acids is 1. The van der Waals surface area contributed by atoms with E-state index in [0.29, 0.717) is 12.3 Å².